The van der Waals surface area contributed by atoms with Gasteiger partial charge in [-0.25, -0.2) is 4.98 Å². The summed E-state index contributed by atoms with van der Waals surface area (Å²) in [7, 11) is 1.69. The molecular weight excluding hydrogens is 322 g/mol. The lowest BCUT2D eigenvalue weighted by atomic mass is 10.2. The van der Waals surface area contributed by atoms with Crippen molar-refractivity contribution in [3.63, 3.8) is 0 Å². The van der Waals surface area contributed by atoms with Gasteiger partial charge in [0.15, 0.2) is 5.96 Å². The van der Waals surface area contributed by atoms with E-state index in [2.05, 4.69) is 26.7 Å². The molecule has 0 spiro atoms. The van der Waals surface area contributed by atoms with Gasteiger partial charge in [0, 0.05) is 30.4 Å². The van der Waals surface area contributed by atoms with E-state index in [1.807, 2.05) is 35.4 Å². The largest absolute Gasteiger partial charge is 0.350 e. The number of fused-ring (bicyclic) bond motifs is 1. The molecule has 0 unspecified atom stereocenters. The van der Waals surface area contributed by atoms with Crippen LogP contribution in [0.4, 0.5) is 5.69 Å². The van der Waals surface area contributed by atoms with Gasteiger partial charge in [-0.15, -0.1) is 11.3 Å². The average molecular weight is 343 g/mol. The fourth-order valence-electron chi connectivity index (χ4n) is 2.72. The molecule has 7 heteroatoms. The highest BCUT2D eigenvalue weighted by Crippen LogP contribution is 2.27. The summed E-state index contributed by atoms with van der Waals surface area (Å²) >= 11 is 1.61. The number of rotatable bonds is 4. The van der Waals surface area contributed by atoms with Crippen molar-refractivity contribution in [3.05, 3.63) is 45.9 Å². The van der Waals surface area contributed by atoms with E-state index >= 15 is 0 Å². The van der Waals surface area contributed by atoms with Crippen molar-refractivity contribution < 1.29 is 4.79 Å². The number of hydrogen-bond donors (Lipinski definition) is 2. The first kappa shape index (κ1) is 16.4. The third-order valence-electron chi connectivity index (χ3n) is 3.89. The monoisotopic (exact) mass is 343 g/mol. The molecular formula is C17H21N5OS. The number of thiazole rings is 1. The van der Waals surface area contributed by atoms with Gasteiger partial charge in [0.1, 0.15) is 5.01 Å². The van der Waals surface area contributed by atoms with Crippen molar-refractivity contribution in [3.8, 4) is 0 Å². The van der Waals surface area contributed by atoms with Crippen molar-refractivity contribution >= 4 is 28.9 Å². The number of benzene rings is 1. The Labute approximate surface area is 145 Å². The molecule has 126 valence electrons. The van der Waals surface area contributed by atoms with Gasteiger partial charge >= 0.3 is 0 Å². The van der Waals surface area contributed by atoms with Gasteiger partial charge in [-0.05, 0) is 25.0 Å². The molecule has 0 atom stereocenters. The van der Waals surface area contributed by atoms with E-state index in [1.165, 1.54) is 5.56 Å². The Bertz CT molecular complexity index is 755. The lowest BCUT2D eigenvalue weighted by Crippen LogP contribution is -2.44. The summed E-state index contributed by atoms with van der Waals surface area (Å²) in [5.41, 5.74) is 3.26. The zero-order valence-electron chi connectivity index (χ0n) is 13.9. The second-order valence-electron chi connectivity index (χ2n) is 5.59. The van der Waals surface area contributed by atoms with Crippen LogP contribution >= 0.6 is 11.3 Å². The van der Waals surface area contributed by atoms with Crippen LogP contribution in [0.3, 0.4) is 0 Å². The van der Waals surface area contributed by atoms with Crippen LogP contribution in [0.15, 0.2) is 34.6 Å². The zero-order valence-corrected chi connectivity index (χ0v) is 14.7. The number of carbonyl (C=O) groups excluding carboxylic acids is 1. The fraction of sp³-hybridized carbons (Fsp3) is 0.353. The first-order valence-electron chi connectivity index (χ1n) is 7.91. The van der Waals surface area contributed by atoms with Crippen molar-refractivity contribution in [1.29, 1.82) is 0 Å². The zero-order chi connectivity index (χ0) is 16.9. The molecule has 1 aliphatic rings. The number of carbonyl (C=O) groups is 1. The minimum atomic E-state index is 0.0491. The quantitative estimate of drug-likeness (QED) is 0.655. The van der Waals surface area contributed by atoms with Crippen LogP contribution < -0.4 is 15.5 Å². The van der Waals surface area contributed by atoms with E-state index < -0.39 is 0 Å². The first-order valence-corrected chi connectivity index (χ1v) is 8.79. The van der Waals surface area contributed by atoms with E-state index in [9.17, 15) is 4.79 Å². The molecule has 1 aromatic heterocycles. The smallest absolute Gasteiger partial charge is 0.246 e. The Kier molecular flexibility index (Phi) is 5.10. The molecule has 2 N–H and O–H groups in total. The molecule has 6 nitrogen and oxygen atoms in total. The molecule has 0 aliphatic carbocycles. The number of para-hydroxylation sites is 1. The van der Waals surface area contributed by atoms with E-state index in [4.69, 9.17) is 0 Å². The average Bonchev–Trinajstić information content (AvgIpc) is 3.21. The molecule has 2 aromatic rings. The van der Waals surface area contributed by atoms with Gasteiger partial charge in [0.2, 0.25) is 5.91 Å². The number of aryl methyl sites for hydroxylation is 1. The molecule has 2 heterocycles. The highest BCUT2D eigenvalue weighted by molar-refractivity contribution is 7.09. The lowest BCUT2D eigenvalue weighted by molar-refractivity contribution is -0.117. The lowest BCUT2D eigenvalue weighted by Gasteiger charge is -2.18. The standard InChI is InChI=1S/C17H21N5OS/c1-12-11-24-15(21-12)9-19-17(18-2)20-10-16(23)22-8-7-13-5-3-4-6-14(13)22/h3-6,11H,7-10H2,1-2H3,(H2,18,19,20). The number of aliphatic imine (C=N–C) groups is 1. The van der Waals surface area contributed by atoms with Crippen LogP contribution in [0.2, 0.25) is 0 Å². The molecule has 24 heavy (non-hydrogen) atoms. The fourth-order valence-corrected chi connectivity index (χ4v) is 3.43. The summed E-state index contributed by atoms with van der Waals surface area (Å²) in [6.45, 7) is 3.52. The Hall–Kier alpha value is -2.41. The molecule has 1 aliphatic heterocycles. The molecule has 0 saturated carbocycles. The molecule has 0 bridgehead atoms. The van der Waals surface area contributed by atoms with Crippen molar-refractivity contribution in [2.45, 2.75) is 19.9 Å². The second-order valence-corrected chi connectivity index (χ2v) is 6.53. The molecule has 3 rings (SSSR count). The Balaban J connectivity index is 1.52. The normalized spacial score (nSPS) is 13.8. The number of guanidine groups is 1. The maximum absolute atomic E-state index is 12.5. The maximum Gasteiger partial charge on any atom is 0.246 e. The van der Waals surface area contributed by atoms with Crippen LogP contribution in [0.25, 0.3) is 0 Å². The number of hydrogen-bond acceptors (Lipinski definition) is 4. The van der Waals surface area contributed by atoms with Gasteiger partial charge in [-0.1, -0.05) is 18.2 Å². The van der Waals surface area contributed by atoms with Gasteiger partial charge in [-0.2, -0.15) is 0 Å². The highest BCUT2D eigenvalue weighted by Gasteiger charge is 2.23. The van der Waals surface area contributed by atoms with Crippen molar-refractivity contribution in [2.75, 3.05) is 25.0 Å². The minimum Gasteiger partial charge on any atom is -0.350 e. The van der Waals surface area contributed by atoms with E-state index in [-0.39, 0.29) is 12.5 Å². The summed E-state index contributed by atoms with van der Waals surface area (Å²) < 4.78 is 0. The summed E-state index contributed by atoms with van der Waals surface area (Å²) in [6, 6.07) is 8.05. The third-order valence-corrected chi connectivity index (χ3v) is 4.86. The predicted molar refractivity (Wildman–Crippen MR) is 97.6 cm³/mol. The highest BCUT2D eigenvalue weighted by atomic mass is 32.1. The number of nitrogens with one attached hydrogen (secondary N) is 2. The molecule has 0 saturated heterocycles. The van der Waals surface area contributed by atoms with Crippen molar-refractivity contribution in [1.82, 2.24) is 15.6 Å². The molecule has 0 radical (unpaired) electrons. The topological polar surface area (TPSA) is 69.6 Å². The van der Waals surface area contributed by atoms with Crippen LogP contribution in [0, 0.1) is 6.92 Å². The SMILES string of the molecule is CN=C(NCC(=O)N1CCc2ccccc21)NCc1nc(C)cs1. The van der Waals surface area contributed by atoms with Gasteiger partial charge in [0.25, 0.3) is 0 Å². The third kappa shape index (κ3) is 3.73. The first-order chi connectivity index (χ1) is 11.7. The van der Waals surface area contributed by atoms with Gasteiger partial charge < -0.3 is 15.5 Å². The summed E-state index contributed by atoms with van der Waals surface area (Å²) in [4.78, 5) is 22.9. The Morgan fingerprint density at radius 1 is 1.38 bits per heavy atom. The molecule has 1 amide bonds. The number of anilines is 1. The van der Waals surface area contributed by atoms with Crippen LogP contribution in [-0.2, 0) is 17.8 Å². The van der Waals surface area contributed by atoms with Crippen molar-refractivity contribution in [2.24, 2.45) is 4.99 Å². The number of aromatic nitrogens is 1. The molecule has 1 aromatic carbocycles. The van der Waals surface area contributed by atoms with E-state index in [1.54, 1.807) is 18.4 Å². The van der Waals surface area contributed by atoms with E-state index in [0.717, 1.165) is 29.4 Å². The Morgan fingerprint density at radius 2 is 2.21 bits per heavy atom. The van der Waals surface area contributed by atoms with Crippen LogP contribution in [0.1, 0.15) is 16.3 Å². The van der Waals surface area contributed by atoms with Crippen LogP contribution in [0.5, 0.6) is 0 Å². The van der Waals surface area contributed by atoms with Crippen LogP contribution in [-0.4, -0.2) is 37.0 Å². The second kappa shape index (κ2) is 7.44. The molecule has 0 fully saturated rings. The van der Waals surface area contributed by atoms with Gasteiger partial charge in [0.05, 0.1) is 13.1 Å². The summed E-state index contributed by atoms with van der Waals surface area (Å²) in [6.07, 6.45) is 0.915. The number of nitrogens with zero attached hydrogens (tertiary/aromatic N) is 3. The minimum absolute atomic E-state index is 0.0491. The summed E-state index contributed by atoms with van der Waals surface area (Å²) in [5, 5.41) is 9.27. The predicted octanol–water partition coefficient (Wildman–Crippen LogP) is 1.71. The van der Waals surface area contributed by atoms with Gasteiger partial charge in [-0.3, -0.25) is 9.79 Å². The summed E-state index contributed by atoms with van der Waals surface area (Å²) in [5.74, 6) is 0.650. The number of amides is 1. The maximum atomic E-state index is 12.5. The van der Waals surface area contributed by atoms with E-state index in [0.29, 0.717) is 12.5 Å². The Morgan fingerprint density at radius 3 is 2.96 bits per heavy atom.